The van der Waals surface area contributed by atoms with E-state index in [1.807, 2.05) is 6.20 Å². The van der Waals surface area contributed by atoms with E-state index in [0.29, 0.717) is 0 Å². The summed E-state index contributed by atoms with van der Waals surface area (Å²) < 4.78 is 0. The summed E-state index contributed by atoms with van der Waals surface area (Å²) in [6, 6.07) is 4.28. The number of pyridine rings is 1. The van der Waals surface area contributed by atoms with E-state index >= 15 is 0 Å². The molecule has 1 unspecified atom stereocenters. The Kier molecular flexibility index (Phi) is 7.01. The third-order valence-corrected chi connectivity index (χ3v) is 4.46. The molecule has 0 saturated carbocycles. The van der Waals surface area contributed by atoms with E-state index in [9.17, 15) is 0 Å². The van der Waals surface area contributed by atoms with Crippen LogP contribution in [0.25, 0.3) is 0 Å². The lowest BCUT2D eigenvalue weighted by molar-refractivity contribution is 0.271. The number of nitrogens with one attached hydrogen (secondary N) is 1. The van der Waals surface area contributed by atoms with Gasteiger partial charge in [-0.25, -0.2) is 4.98 Å². The molecule has 1 N–H and O–H groups in total. The molecule has 1 aromatic rings. The largest absolute Gasteiger partial charge is 0.370 e. The minimum atomic E-state index is 0.951. The zero-order valence-electron chi connectivity index (χ0n) is 13.8. The third kappa shape index (κ3) is 5.31. The normalized spacial score (nSPS) is 20.2. The molecule has 0 radical (unpaired) electrons. The second kappa shape index (κ2) is 9.04. The van der Waals surface area contributed by atoms with Crippen LogP contribution < -0.4 is 5.32 Å². The van der Waals surface area contributed by atoms with Crippen molar-refractivity contribution in [2.75, 3.05) is 25.0 Å². The molecule has 1 aromatic heterocycles. The molecule has 3 nitrogen and oxygen atoms in total. The molecular formula is C18H31N3. The van der Waals surface area contributed by atoms with Crippen molar-refractivity contribution in [1.82, 2.24) is 9.88 Å². The number of anilines is 1. The summed E-state index contributed by atoms with van der Waals surface area (Å²) in [5.41, 5.74) is 1.35. The Hall–Kier alpha value is -1.09. The van der Waals surface area contributed by atoms with Crippen LogP contribution in [0.3, 0.4) is 0 Å². The van der Waals surface area contributed by atoms with Gasteiger partial charge < -0.3 is 5.32 Å². The summed E-state index contributed by atoms with van der Waals surface area (Å²) >= 11 is 0. The van der Waals surface area contributed by atoms with Gasteiger partial charge in [-0.15, -0.1) is 0 Å². The van der Waals surface area contributed by atoms with E-state index in [2.05, 4.69) is 41.2 Å². The van der Waals surface area contributed by atoms with E-state index in [-0.39, 0.29) is 0 Å². The van der Waals surface area contributed by atoms with Gasteiger partial charge in [0.2, 0.25) is 0 Å². The van der Waals surface area contributed by atoms with Gasteiger partial charge in [-0.05, 0) is 50.8 Å². The molecule has 0 aliphatic carbocycles. The average molecular weight is 289 g/mol. The Morgan fingerprint density at radius 1 is 1.24 bits per heavy atom. The van der Waals surface area contributed by atoms with Crippen molar-refractivity contribution < 1.29 is 0 Å². The summed E-state index contributed by atoms with van der Waals surface area (Å²) in [4.78, 5) is 7.13. The number of rotatable bonds is 7. The first-order chi connectivity index (χ1) is 10.3. The Morgan fingerprint density at radius 3 is 2.95 bits per heavy atom. The summed E-state index contributed by atoms with van der Waals surface area (Å²) in [7, 11) is 0. The summed E-state index contributed by atoms with van der Waals surface area (Å²) in [5.74, 6) is 2.03. The second-order valence-corrected chi connectivity index (χ2v) is 6.30. The predicted molar refractivity (Wildman–Crippen MR) is 90.5 cm³/mol. The van der Waals surface area contributed by atoms with Gasteiger partial charge in [0.1, 0.15) is 5.82 Å². The first-order valence-corrected chi connectivity index (χ1v) is 8.73. The smallest absolute Gasteiger partial charge is 0.130 e. The van der Waals surface area contributed by atoms with Crippen LogP contribution in [0.1, 0.15) is 57.9 Å². The Morgan fingerprint density at radius 2 is 2.14 bits per heavy atom. The SMILES string of the molecule is CCCNc1ncccc1CN1CCCC(CCC)CC1. The zero-order chi connectivity index (χ0) is 14.9. The number of hydrogen-bond donors (Lipinski definition) is 1. The molecule has 118 valence electrons. The van der Waals surface area contributed by atoms with Crippen molar-refractivity contribution in [3.63, 3.8) is 0 Å². The van der Waals surface area contributed by atoms with Crippen molar-refractivity contribution in [2.24, 2.45) is 5.92 Å². The Balaban J connectivity index is 1.92. The monoisotopic (exact) mass is 289 g/mol. The van der Waals surface area contributed by atoms with Gasteiger partial charge >= 0.3 is 0 Å². The average Bonchev–Trinajstić information content (AvgIpc) is 2.72. The molecule has 21 heavy (non-hydrogen) atoms. The Labute approximate surface area is 130 Å². The van der Waals surface area contributed by atoms with Crippen molar-refractivity contribution in [1.29, 1.82) is 0 Å². The molecule has 1 aliphatic heterocycles. The lowest BCUT2D eigenvalue weighted by Gasteiger charge is -2.21. The molecule has 0 amide bonds. The maximum Gasteiger partial charge on any atom is 0.130 e. The first-order valence-electron chi connectivity index (χ1n) is 8.73. The molecule has 3 heteroatoms. The minimum Gasteiger partial charge on any atom is -0.370 e. The fraction of sp³-hybridized carbons (Fsp3) is 0.722. The highest BCUT2D eigenvalue weighted by atomic mass is 15.1. The lowest BCUT2D eigenvalue weighted by Crippen LogP contribution is -2.25. The standard InChI is InChI=1S/C18H31N3/c1-3-7-16-8-6-13-21(14-10-16)15-17-9-5-12-20-18(17)19-11-4-2/h5,9,12,16H,3-4,6-8,10-11,13-15H2,1-2H3,(H,19,20). The molecule has 1 saturated heterocycles. The van der Waals surface area contributed by atoms with Crippen LogP contribution in [-0.4, -0.2) is 29.5 Å². The maximum atomic E-state index is 4.51. The highest BCUT2D eigenvalue weighted by Gasteiger charge is 2.17. The van der Waals surface area contributed by atoms with Gasteiger partial charge in [0.05, 0.1) is 0 Å². The molecular weight excluding hydrogens is 258 g/mol. The molecule has 2 heterocycles. The van der Waals surface area contributed by atoms with Gasteiger partial charge in [0.15, 0.2) is 0 Å². The van der Waals surface area contributed by atoms with Crippen molar-refractivity contribution in [3.05, 3.63) is 23.9 Å². The van der Waals surface area contributed by atoms with Crippen LogP contribution >= 0.6 is 0 Å². The van der Waals surface area contributed by atoms with Crippen molar-refractivity contribution in [3.8, 4) is 0 Å². The van der Waals surface area contributed by atoms with Crippen molar-refractivity contribution in [2.45, 2.75) is 58.9 Å². The van der Waals surface area contributed by atoms with Crippen LogP contribution in [0.5, 0.6) is 0 Å². The fourth-order valence-electron chi connectivity index (χ4n) is 3.29. The molecule has 0 spiro atoms. The van der Waals surface area contributed by atoms with Crippen molar-refractivity contribution >= 4 is 5.82 Å². The highest BCUT2D eigenvalue weighted by Crippen LogP contribution is 2.23. The van der Waals surface area contributed by atoms with Crippen LogP contribution in [-0.2, 0) is 6.54 Å². The van der Waals surface area contributed by atoms with Crippen LogP contribution in [0.2, 0.25) is 0 Å². The molecule has 1 fully saturated rings. The number of nitrogens with zero attached hydrogens (tertiary/aromatic N) is 2. The first kappa shape index (κ1) is 16.3. The number of aromatic nitrogens is 1. The van der Waals surface area contributed by atoms with E-state index in [1.165, 1.54) is 50.8 Å². The van der Waals surface area contributed by atoms with E-state index in [4.69, 9.17) is 0 Å². The van der Waals surface area contributed by atoms with Gasteiger partial charge in [-0.1, -0.05) is 32.8 Å². The van der Waals surface area contributed by atoms with E-state index < -0.39 is 0 Å². The Bertz CT molecular complexity index is 405. The molecule has 1 atom stereocenters. The summed E-state index contributed by atoms with van der Waals surface area (Å²) in [6.45, 7) is 9.03. The molecule has 0 bridgehead atoms. The van der Waals surface area contributed by atoms with E-state index in [0.717, 1.165) is 31.2 Å². The second-order valence-electron chi connectivity index (χ2n) is 6.30. The van der Waals surface area contributed by atoms with E-state index in [1.54, 1.807) is 0 Å². The van der Waals surface area contributed by atoms with Gasteiger partial charge in [-0.3, -0.25) is 4.90 Å². The zero-order valence-corrected chi connectivity index (χ0v) is 13.8. The third-order valence-electron chi connectivity index (χ3n) is 4.46. The maximum absolute atomic E-state index is 4.51. The molecule has 0 aromatic carbocycles. The van der Waals surface area contributed by atoms with Gasteiger partial charge in [-0.2, -0.15) is 0 Å². The highest BCUT2D eigenvalue weighted by molar-refractivity contribution is 5.43. The fourth-order valence-corrected chi connectivity index (χ4v) is 3.29. The summed E-state index contributed by atoms with van der Waals surface area (Å²) in [5, 5.41) is 3.46. The summed E-state index contributed by atoms with van der Waals surface area (Å²) in [6.07, 6.45) is 9.90. The van der Waals surface area contributed by atoms with Crippen LogP contribution in [0.4, 0.5) is 5.82 Å². The topological polar surface area (TPSA) is 28.2 Å². The quantitative estimate of drug-likeness (QED) is 0.811. The van der Waals surface area contributed by atoms with Gasteiger partial charge in [0.25, 0.3) is 0 Å². The minimum absolute atomic E-state index is 0.951. The van der Waals surface area contributed by atoms with Gasteiger partial charge in [0, 0.05) is 24.8 Å². The lowest BCUT2D eigenvalue weighted by atomic mass is 9.96. The molecule has 2 rings (SSSR count). The number of hydrogen-bond acceptors (Lipinski definition) is 3. The number of likely N-dealkylation sites (tertiary alicyclic amines) is 1. The van der Waals surface area contributed by atoms with Crippen LogP contribution in [0.15, 0.2) is 18.3 Å². The van der Waals surface area contributed by atoms with Crippen LogP contribution in [0, 0.1) is 5.92 Å². The predicted octanol–water partition coefficient (Wildman–Crippen LogP) is 4.31. The molecule has 1 aliphatic rings.